The van der Waals surface area contributed by atoms with Gasteiger partial charge in [0.25, 0.3) is 5.91 Å². The van der Waals surface area contributed by atoms with Gasteiger partial charge in [-0.3, -0.25) is 9.59 Å². The predicted molar refractivity (Wildman–Crippen MR) is 59.0 cm³/mol. The maximum Gasteiger partial charge on any atom is 0.251 e. The van der Waals surface area contributed by atoms with Crippen molar-refractivity contribution >= 4 is 5.91 Å². The Bertz CT molecular complexity index is 396. The van der Waals surface area contributed by atoms with Gasteiger partial charge in [-0.25, -0.2) is 0 Å². The Morgan fingerprint density at radius 2 is 2.20 bits per heavy atom. The molecule has 1 amide bonds. The Morgan fingerprint density at radius 1 is 1.47 bits per heavy atom. The minimum Gasteiger partial charge on any atom is -0.352 e. The number of aromatic amines is 1. The highest BCUT2D eigenvalue weighted by molar-refractivity contribution is 5.94. The molecule has 0 aromatic carbocycles. The Morgan fingerprint density at radius 3 is 2.80 bits per heavy atom. The summed E-state index contributed by atoms with van der Waals surface area (Å²) >= 11 is 0. The molecule has 2 N–H and O–H groups in total. The number of hydrogen-bond acceptors (Lipinski definition) is 2. The van der Waals surface area contributed by atoms with Crippen molar-refractivity contribution in [2.75, 3.05) is 6.54 Å². The molecule has 0 radical (unpaired) electrons. The monoisotopic (exact) mass is 208 g/mol. The van der Waals surface area contributed by atoms with Gasteiger partial charge in [-0.2, -0.15) is 0 Å². The van der Waals surface area contributed by atoms with Gasteiger partial charge in [0.05, 0.1) is 0 Å². The molecule has 82 valence electrons. The fraction of sp³-hybridized carbons (Fsp3) is 0.455. The Balaban J connectivity index is 2.69. The minimum absolute atomic E-state index is 0.183. The van der Waals surface area contributed by atoms with Gasteiger partial charge in [0.1, 0.15) is 0 Å². The zero-order chi connectivity index (χ0) is 11.3. The van der Waals surface area contributed by atoms with E-state index in [9.17, 15) is 9.59 Å². The minimum atomic E-state index is -0.240. The second-order valence-electron chi connectivity index (χ2n) is 3.53. The molecular weight excluding hydrogens is 192 g/mol. The summed E-state index contributed by atoms with van der Waals surface area (Å²) in [5, 5.41) is 2.76. The van der Waals surface area contributed by atoms with Crippen molar-refractivity contribution in [3.8, 4) is 0 Å². The average Bonchev–Trinajstić information content (AvgIpc) is 2.16. The molecule has 4 heteroatoms. The van der Waals surface area contributed by atoms with Gasteiger partial charge in [0.15, 0.2) is 0 Å². The van der Waals surface area contributed by atoms with Crippen molar-refractivity contribution in [2.24, 2.45) is 0 Å². The first-order valence-electron chi connectivity index (χ1n) is 5.12. The van der Waals surface area contributed by atoms with Crippen molar-refractivity contribution in [1.29, 1.82) is 0 Å². The fourth-order valence-corrected chi connectivity index (χ4v) is 1.29. The van der Waals surface area contributed by atoms with Crippen molar-refractivity contribution in [2.45, 2.75) is 26.7 Å². The summed E-state index contributed by atoms with van der Waals surface area (Å²) in [4.78, 5) is 25.3. The van der Waals surface area contributed by atoms with Crippen LogP contribution < -0.4 is 10.9 Å². The normalized spacial score (nSPS) is 10.0. The van der Waals surface area contributed by atoms with Crippen LogP contribution in [0.1, 0.15) is 35.8 Å². The first-order chi connectivity index (χ1) is 7.13. The number of carbonyl (C=O) groups excluding carboxylic acids is 1. The SMILES string of the molecule is CCCCNC(=O)c1cc(C)[nH]c(=O)c1. The Kier molecular flexibility index (Phi) is 4.09. The van der Waals surface area contributed by atoms with Crippen LogP contribution in [0.25, 0.3) is 0 Å². The second-order valence-corrected chi connectivity index (χ2v) is 3.53. The summed E-state index contributed by atoms with van der Waals surface area (Å²) in [6.07, 6.45) is 1.99. The zero-order valence-electron chi connectivity index (χ0n) is 9.09. The summed E-state index contributed by atoms with van der Waals surface area (Å²) in [7, 11) is 0. The van der Waals surface area contributed by atoms with Crippen LogP contribution in [0.3, 0.4) is 0 Å². The number of amides is 1. The maximum absolute atomic E-state index is 11.6. The van der Waals surface area contributed by atoms with E-state index >= 15 is 0 Å². The number of nitrogens with one attached hydrogen (secondary N) is 2. The highest BCUT2D eigenvalue weighted by Gasteiger charge is 2.05. The molecule has 1 rings (SSSR count). The third-order valence-electron chi connectivity index (χ3n) is 2.06. The lowest BCUT2D eigenvalue weighted by Crippen LogP contribution is -2.26. The van der Waals surface area contributed by atoms with E-state index in [1.165, 1.54) is 6.07 Å². The molecule has 0 aliphatic heterocycles. The molecule has 1 heterocycles. The summed E-state index contributed by atoms with van der Waals surface area (Å²) in [5.41, 5.74) is 0.881. The van der Waals surface area contributed by atoms with E-state index in [4.69, 9.17) is 0 Å². The van der Waals surface area contributed by atoms with Crippen LogP contribution in [0.2, 0.25) is 0 Å². The highest BCUT2D eigenvalue weighted by atomic mass is 16.2. The molecule has 0 bridgehead atoms. The summed E-state index contributed by atoms with van der Waals surface area (Å²) < 4.78 is 0. The first kappa shape index (κ1) is 11.5. The van der Waals surface area contributed by atoms with Gasteiger partial charge >= 0.3 is 0 Å². The summed E-state index contributed by atoms with van der Waals surface area (Å²) in [6, 6.07) is 2.98. The van der Waals surface area contributed by atoms with Crippen LogP contribution in [0.4, 0.5) is 0 Å². The van der Waals surface area contributed by atoms with Crippen LogP contribution in [-0.2, 0) is 0 Å². The van der Waals surface area contributed by atoms with E-state index in [2.05, 4.69) is 17.2 Å². The number of H-pyrrole nitrogens is 1. The third kappa shape index (κ3) is 3.58. The zero-order valence-corrected chi connectivity index (χ0v) is 9.09. The van der Waals surface area contributed by atoms with Crippen LogP contribution >= 0.6 is 0 Å². The van der Waals surface area contributed by atoms with E-state index < -0.39 is 0 Å². The van der Waals surface area contributed by atoms with Crippen molar-refractivity contribution < 1.29 is 4.79 Å². The van der Waals surface area contributed by atoms with Crippen LogP contribution in [-0.4, -0.2) is 17.4 Å². The number of carbonyl (C=O) groups is 1. The average molecular weight is 208 g/mol. The lowest BCUT2D eigenvalue weighted by molar-refractivity contribution is 0.0953. The van der Waals surface area contributed by atoms with Crippen molar-refractivity contribution in [3.05, 3.63) is 33.7 Å². The van der Waals surface area contributed by atoms with E-state index in [1.54, 1.807) is 13.0 Å². The largest absolute Gasteiger partial charge is 0.352 e. The molecule has 0 saturated carbocycles. The molecular formula is C11H16N2O2. The Hall–Kier alpha value is -1.58. The number of pyridine rings is 1. The lowest BCUT2D eigenvalue weighted by Gasteiger charge is -2.04. The molecule has 0 unspecified atom stereocenters. The molecule has 0 aliphatic rings. The number of aryl methyl sites for hydroxylation is 1. The van der Waals surface area contributed by atoms with E-state index in [0.29, 0.717) is 17.8 Å². The van der Waals surface area contributed by atoms with E-state index in [-0.39, 0.29) is 11.5 Å². The van der Waals surface area contributed by atoms with Crippen LogP contribution in [0.5, 0.6) is 0 Å². The third-order valence-corrected chi connectivity index (χ3v) is 2.06. The summed E-state index contributed by atoms with van der Waals surface area (Å²) in [5.74, 6) is -0.183. The predicted octanol–water partition coefficient (Wildman–Crippen LogP) is 1.21. The smallest absolute Gasteiger partial charge is 0.251 e. The van der Waals surface area contributed by atoms with Gasteiger partial charge in [0.2, 0.25) is 5.56 Å². The lowest BCUT2D eigenvalue weighted by atomic mass is 10.2. The molecule has 1 aromatic heterocycles. The van der Waals surface area contributed by atoms with E-state index in [0.717, 1.165) is 12.8 Å². The van der Waals surface area contributed by atoms with Crippen LogP contribution in [0, 0.1) is 6.92 Å². The van der Waals surface area contributed by atoms with Gasteiger partial charge in [0, 0.05) is 23.9 Å². The van der Waals surface area contributed by atoms with Crippen LogP contribution in [0.15, 0.2) is 16.9 Å². The highest BCUT2D eigenvalue weighted by Crippen LogP contribution is 1.97. The number of unbranched alkanes of at least 4 members (excludes halogenated alkanes) is 1. The molecule has 4 nitrogen and oxygen atoms in total. The van der Waals surface area contributed by atoms with Gasteiger partial charge in [-0.05, 0) is 19.4 Å². The van der Waals surface area contributed by atoms with Gasteiger partial charge in [-0.15, -0.1) is 0 Å². The fourth-order valence-electron chi connectivity index (χ4n) is 1.29. The number of aromatic nitrogens is 1. The molecule has 1 aromatic rings. The number of rotatable bonds is 4. The Labute approximate surface area is 88.7 Å². The molecule has 15 heavy (non-hydrogen) atoms. The molecule has 0 aliphatic carbocycles. The standard InChI is InChI=1S/C11H16N2O2/c1-3-4-5-12-11(15)9-6-8(2)13-10(14)7-9/h6-7H,3-5H2,1-2H3,(H,12,15)(H,13,14). The maximum atomic E-state index is 11.6. The second kappa shape index (κ2) is 5.34. The van der Waals surface area contributed by atoms with Gasteiger partial charge in [-0.1, -0.05) is 13.3 Å². The topological polar surface area (TPSA) is 62.0 Å². The van der Waals surface area contributed by atoms with Gasteiger partial charge < -0.3 is 10.3 Å². The molecule has 0 saturated heterocycles. The molecule has 0 fully saturated rings. The molecule has 0 spiro atoms. The van der Waals surface area contributed by atoms with E-state index in [1.807, 2.05) is 0 Å². The van der Waals surface area contributed by atoms with Crippen molar-refractivity contribution in [1.82, 2.24) is 10.3 Å². The number of hydrogen-bond donors (Lipinski definition) is 2. The first-order valence-corrected chi connectivity index (χ1v) is 5.12. The quantitative estimate of drug-likeness (QED) is 0.731. The van der Waals surface area contributed by atoms with Crippen molar-refractivity contribution in [3.63, 3.8) is 0 Å². The summed E-state index contributed by atoms with van der Waals surface area (Å²) in [6.45, 7) is 4.47. The molecule has 0 atom stereocenters.